The zero-order valence-electron chi connectivity index (χ0n) is 16.5. The molecule has 0 aliphatic carbocycles. The molecule has 2 aromatic carbocycles. The lowest BCUT2D eigenvalue weighted by molar-refractivity contribution is -0.119. The van der Waals surface area contributed by atoms with E-state index < -0.39 is 0 Å². The van der Waals surface area contributed by atoms with Gasteiger partial charge in [0.1, 0.15) is 11.6 Å². The third kappa shape index (κ3) is 4.84. The van der Waals surface area contributed by atoms with Crippen molar-refractivity contribution in [3.05, 3.63) is 58.9 Å². The average molecular weight is 400 g/mol. The maximum absolute atomic E-state index is 11.5. The molecule has 0 bridgehead atoms. The van der Waals surface area contributed by atoms with Gasteiger partial charge < -0.3 is 14.6 Å². The van der Waals surface area contributed by atoms with Gasteiger partial charge in [0.15, 0.2) is 0 Å². The van der Waals surface area contributed by atoms with Gasteiger partial charge in [0.05, 0.1) is 23.7 Å². The van der Waals surface area contributed by atoms with Crippen molar-refractivity contribution in [1.82, 2.24) is 14.9 Å². The maximum atomic E-state index is 11.5. The Morgan fingerprint density at radius 2 is 2.04 bits per heavy atom. The van der Waals surface area contributed by atoms with Gasteiger partial charge in [0.2, 0.25) is 5.91 Å². The number of nitrogens with zero attached hydrogens (tertiary/aromatic N) is 2. The molecule has 1 aromatic heterocycles. The van der Waals surface area contributed by atoms with E-state index >= 15 is 0 Å². The highest BCUT2D eigenvalue weighted by atomic mass is 35.5. The minimum Gasteiger partial charge on any atom is -0.494 e. The van der Waals surface area contributed by atoms with Gasteiger partial charge in [-0.05, 0) is 62.6 Å². The minimum absolute atomic E-state index is 0.0576. The summed E-state index contributed by atoms with van der Waals surface area (Å²) in [6.45, 7) is 6.93. The third-order valence-corrected chi connectivity index (χ3v) is 5.09. The van der Waals surface area contributed by atoms with Crippen LogP contribution in [-0.4, -0.2) is 22.1 Å². The Morgan fingerprint density at radius 1 is 1.25 bits per heavy atom. The van der Waals surface area contributed by atoms with Crippen molar-refractivity contribution in [2.75, 3.05) is 6.61 Å². The number of fused-ring (bicyclic) bond motifs is 1. The Kier molecular flexibility index (Phi) is 6.57. The molecule has 0 saturated carbocycles. The van der Waals surface area contributed by atoms with Gasteiger partial charge in [-0.1, -0.05) is 23.7 Å². The van der Waals surface area contributed by atoms with E-state index in [2.05, 4.69) is 16.0 Å². The molecule has 3 rings (SSSR count). The average Bonchev–Trinajstić information content (AvgIpc) is 3.03. The van der Waals surface area contributed by atoms with E-state index in [1.165, 1.54) is 6.92 Å². The molecule has 1 atom stereocenters. The summed E-state index contributed by atoms with van der Waals surface area (Å²) in [5, 5.41) is 3.69. The van der Waals surface area contributed by atoms with Crippen LogP contribution >= 0.6 is 11.6 Å². The van der Waals surface area contributed by atoms with E-state index in [9.17, 15) is 4.79 Å². The summed E-state index contributed by atoms with van der Waals surface area (Å²) in [4.78, 5) is 16.2. The van der Waals surface area contributed by atoms with Crippen molar-refractivity contribution >= 4 is 28.5 Å². The van der Waals surface area contributed by atoms with Gasteiger partial charge in [-0.2, -0.15) is 0 Å². The number of halogens is 1. The first-order valence-corrected chi connectivity index (χ1v) is 9.94. The molecule has 0 spiro atoms. The second kappa shape index (κ2) is 9.11. The number of aryl methyl sites for hydroxylation is 2. The number of rotatable bonds is 8. The summed E-state index contributed by atoms with van der Waals surface area (Å²) in [7, 11) is 0. The number of benzene rings is 2. The molecule has 148 valence electrons. The van der Waals surface area contributed by atoms with E-state index in [0.717, 1.165) is 52.6 Å². The second-order valence-corrected chi connectivity index (χ2v) is 7.41. The Morgan fingerprint density at radius 3 is 2.79 bits per heavy atom. The van der Waals surface area contributed by atoms with Crippen LogP contribution in [-0.2, 0) is 11.3 Å². The molecular weight excluding hydrogens is 374 g/mol. The molecule has 1 amide bonds. The van der Waals surface area contributed by atoms with Gasteiger partial charge in [-0.3, -0.25) is 4.79 Å². The number of carbonyl (C=O) groups excluding carboxylic acids is 1. The molecule has 1 N–H and O–H groups in total. The summed E-state index contributed by atoms with van der Waals surface area (Å²) >= 11 is 6.05. The topological polar surface area (TPSA) is 56.2 Å². The van der Waals surface area contributed by atoms with Gasteiger partial charge in [-0.25, -0.2) is 4.98 Å². The molecule has 6 heteroatoms. The van der Waals surface area contributed by atoms with Crippen LogP contribution < -0.4 is 10.1 Å². The largest absolute Gasteiger partial charge is 0.494 e. The lowest BCUT2D eigenvalue weighted by atomic mass is 10.2. The highest BCUT2D eigenvalue weighted by molar-refractivity contribution is 6.31. The zero-order chi connectivity index (χ0) is 20.1. The Labute approximate surface area is 170 Å². The Balaban J connectivity index is 1.63. The van der Waals surface area contributed by atoms with Crippen LogP contribution in [0.3, 0.4) is 0 Å². The highest BCUT2D eigenvalue weighted by Gasteiger charge is 2.16. The summed E-state index contributed by atoms with van der Waals surface area (Å²) in [6.07, 6.45) is 1.87. The van der Waals surface area contributed by atoms with Crippen molar-refractivity contribution in [1.29, 1.82) is 0 Å². The number of aromatic nitrogens is 2. The van der Waals surface area contributed by atoms with E-state index in [0.29, 0.717) is 6.61 Å². The molecule has 28 heavy (non-hydrogen) atoms. The predicted octanol–water partition coefficient (Wildman–Crippen LogP) is 5.05. The SMILES string of the molecule is CC(=O)NC(C)c1nc2ccccc2n1CCCCOc1ccc(Cl)c(C)c1. The number of para-hydroxylation sites is 2. The Bertz CT molecular complexity index is 968. The third-order valence-electron chi connectivity index (χ3n) is 4.67. The van der Waals surface area contributed by atoms with E-state index in [4.69, 9.17) is 21.3 Å². The van der Waals surface area contributed by atoms with Crippen molar-refractivity contribution in [3.8, 4) is 5.75 Å². The van der Waals surface area contributed by atoms with Crippen LogP contribution in [0.1, 0.15) is 44.1 Å². The Hall–Kier alpha value is -2.53. The molecule has 0 fully saturated rings. The first kappa shape index (κ1) is 20.2. The number of unbranched alkanes of at least 4 members (excludes halogenated alkanes) is 1. The standard InChI is InChI=1S/C22H26ClN3O2/c1-15-14-18(10-11-19(15)23)28-13-7-6-12-26-21-9-5-4-8-20(21)25-22(26)16(2)24-17(3)27/h4-5,8-11,14,16H,6-7,12-13H2,1-3H3,(H,24,27). The van der Waals surface area contributed by atoms with Gasteiger partial charge in [0.25, 0.3) is 0 Å². The van der Waals surface area contributed by atoms with Crippen LogP contribution in [0.25, 0.3) is 11.0 Å². The number of carbonyl (C=O) groups is 1. The summed E-state index contributed by atoms with van der Waals surface area (Å²) in [5.74, 6) is 1.67. The summed E-state index contributed by atoms with van der Waals surface area (Å²) in [6, 6.07) is 13.6. The lowest BCUT2D eigenvalue weighted by Gasteiger charge is -2.15. The molecule has 5 nitrogen and oxygen atoms in total. The van der Waals surface area contributed by atoms with Gasteiger partial charge >= 0.3 is 0 Å². The van der Waals surface area contributed by atoms with Crippen molar-refractivity contribution in [2.24, 2.45) is 0 Å². The van der Waals surface area contributed by atoms with Crippen molar-refractivity contribution < 1.29 is 9.53 Å². The molecule has 1 unspecified atom stereocenters. The molecule has 0 aliphatic heterocycles. The molecule has 1 heterocycles. The van der Waals surface area contributed by atoms with E-state index in [-0.39, 0.29) is 11.9 Å². The number of hydrogen-bond acceptors (Lipinski definition) is 3. The quantitative estimate of drug-likeness (QED) is 0.539. The van der Waals surface area contributed by atoms with Crippen LogP contribution in [0.5, 0.6) is 5.75 Å². The maximum Gasteiger partial charge on any atom is 0.217 e. The van der Waals surface area contributed by atoms with Crippen LogP contribution in [0.4, 0.5) is 0 Å². The number of hydrogen-bond donors (Lipinski definition) is 1. The first-order valence-electron chi connectivity index (χ1n) is 9.57. The number of ether oxygens (including phenoxy) is 1. The van der Waals surface area contributed by atoms with Crippen LogP contribution in [0.2, 0.25) is 5.02 Å². The number of amides is 1. The lowest BCUT2D eigenvalue weighted by Crippen LogP contribution is -2.26. The second-order valence-electron chi connectivity index (χ2n) is 7.00. The van der Waals surface area contributed by atoms with E-state index in [1.54, 1.807) is 0 Å². The van der Waals surface area contributed by atoms with Crippen LogP contribution in [0.15, 0.2) is 42.5 Å². The first-order chi connectivity index (χ1) is 13.5. The minimum atomic E-state index is -0.141. The fourth-order valence-corrected chi connectivity index (χ4v) is 3.42. The number of nitrogens with one attached hydrogen (secondary N) is 1. The molecule has 0 radical (unpaired) electrons. The highest BCUT2D eigenvalue weighted by Crippen LogP contribution is 2.23. The fourth-order valence-electron chi connectivity index (χ4n) is 3.30. The van der Waals surface area contributed by atoms with Crippen molar-refractivity contribution in [3.63, 3.8) is 0 Å². The monoisotopic (exact) mass is 399 g/mol. The smallest absolute Gasteiger partial charge is 0.217 e. The molecular formula is C22H26ClN3O2. The molecule has 3 aromatic rings. The fraction of sp³-hybridized carbons (Fsp3) is 0.364. The van der Waals surface area contributed by atoms with E-state index in [1.807, 2.05) is 50.2 Å². The predicted molar refractivity (Wildman–Crippen MR) is 113 cm³/mol. The summed E-state index contributed by atoms with van der Waals surface area (Å²) < 4.78 is 8.04. The molecule has 0 aliphatic rings. The van der Waals surface area contributed by atoms with Crippen molar-refractivity contribution in [2.45, 2.75) is 46.2 Å². The molecule has 0 saturated heterocycles. The van der Waals surface area contributed by atoms with Gasteiger partial charge in [-0.15, -0.1) is 0 Å². The zero-order valence-corrected chi connectivity index (χ0v) is 17.3. The van der Waals surface area contributed by atoms with Gasteiger partial charge in [0, 0.05) is 18.5 Å². The van der Waals surface area contributed by atoms with Crippen LogP contribution in [0, 0.1) is 6.92 Å². The summed E-state index contributed by atoms with van der Waals surface area (Å²) in [5.41, 5.74) is 3.05. The normalized spacial score (nSPS) is 12.1. The number of imidazole rings is 1.